The second-order valence-electron chi connectivity index (χ2n) is 4.41. The number of rotatable bonds is 5. The predicted molar refractivity (Wildman–Crippen MR) is 74.7 cm³/mol. The van der Waals surface area contributed by atoms with E-state index >= 15 is 0 Å². The summed E-state index contributed by atoms with van der Waals surface area (Å²) in [5.41, 5.74) is 3.65. The van der Waals surface area contributed by atoms with Gasteiger partial charge in [0.05, 0.1) is 0 Å². The van der Waals surface area contributed by atoms with Gasteiger partial charge in [-0.2, -0.15) is 0 Å². The maximum absolute atomic E-state index is 5.88. The van der Waals surface area contributed by atoms with E-state index in [-0.39, 0.29) is 0 Å². The first-order valence-electron chi connectivity index (χ1n) is 6.20. The topological polar surface area (TPSA) is 21.3 Å². The van der Waals surface area contributed by atoms with Gasteiger partial charge < -0.3 is 10.1 Å². The largest absolute Gasteiger partial charge is 0.489 e. The van der Waals surface area contributed by atoms with Crippen LogP contribution in [0.5, 0.6) is 5.75 Å². The Morgan fingerprint density at radius 1 is 1.00 bits per heavy atom. The van der Waals surface area contributed by atoms with Crippen molar-refractivity contribution in [2.45, 2.75) is 20.1 Å². The molecule has 0 saturated heterocycles. The van der Waals surface area contributed by atoms with Crippen LogP contribution in [0.15, 0.2) is 48.5 Å². The molecule has 0 unspecified atom stereocenters. The molecule has 2 nitrogen and oxygen atoms in total. The lowest BCUT2D eigenvalue weighted by Gasteiger charge is -2.11. The maximum atomic E-state index is 5.88. The van der Waals surface area contributed by atoms with Crippen molar-refractivity contribution in [1.29, 1.82) is 0 Å². The van der Waals surface area contributed by atoms with E-state index in [1.807, 2.05) is 25.2 Å². The van der Waals surface area contributed by atoms with Gasteiger partial charge in [-0.05, 0) is 25.6 Å². The minimum absolute atomic E-state index is 0.612. The lowest BCUT2D eigenvalue weighted by molar-refractivity contribution is 0.302. The average molecular weight is 241 g/mol. The summed E-state index contributed by atoms with van der Waals surface area (Å²) >= 11 is 0. The van der Waals surface area contributed by atoms with Gasteiger partial charge in [-0.3, -0.25) is 0 Å². The minimum atomic E-state index is 0.612. The van der Waals surface area contributed by atoms with Crippen molar-refractivity contribution in [1.82, 2.24) is 5.32 Å². The van der Waals surface area contributed by atoms with Crippen LogP contribution in [0.25, 0.3) is 0 Å². The molecule has 1 N–H and O–H groups in total. The standard InChI is InChI=1S/C16H19NO/c1-13-7-9-14(10-8-13)12-18-16-6-4-3-5-15(16)11-17-2/h3-10,17H,11-12H2,1-2H3. The Kier molecular flexibility index (Phi) is 4.37. The second kappa shape index (κ2) is 6.22. The fraction of sp³-hybridized carbons (Fsp3) is 0.250. The van der Waals surface area contributed by atoms with Crippen molar-refractivity contribution in [3.05, 3.63) is 65.2 Å². The Hall–Kier alpha value is -1.80. The van der Waals surface area contributed by atoms with Gasteiger partial charge in [-0.1, -0.05) is 48.0 Å². The summed E-state index contributed by atoms with van der Waals surface area (Å²) in [6.45, 7) is 3.53. The molecule has 2 aromatic rings. The zero-order chi connectivity index (χ0) is 12.8. The lowest BCUT2D eigenvalue weighted by Crippen LogP contribution is -2.07. The molecule has 0 aliphatic rings. The van der Waals surface area contributed by atoms with Crippen LogP contribution in [0, 0.1) is 6.92 Å². The van der Waals surface area contributed by atoms with Gasteiger partial charge >= 0.3 is 0 Å². The molecule has 0 spiro atoms. The Bertz CT molecular complexity index is 491. The van der Waals surface area contributed by atoms with E-state index in [1.54, 1.807) is 0 Å². The molecule has 0 heterocycles. The molecular weight excluding hydrogens is 222 g/mol. The lowest BCUT2D eigenvalue weighted by atomic mass is 10.1. The summed E-state index contributed by atoms with van der Waals surface area (Å²) in [5.74, 6) is 0.951. The highest BCUT2D eigenvalue weighted by Gasteiger charge is 2.02. The van der Waals surface area contributed by atoms with Crippen molar-refractivity contribution in [2.75, 3.05) is 7.05 Å². The van der Waals surface area contributed by atoms with Crippen LogP contribution in [0.2, 0.25) is 0 Å². The molecule has 0 bridgehead atoms. The van der Waals surface area contributed by atoms with E-state index in [0.29, 0.717) is 6.61 Å². The second-order valence-corrected chi connectivity index (χ2v) is 4.41. The first-order chi connectivity index (χ1) is 8.79. The number of hydrogen-bond donors (Lipinski definition) is 1. The molecule has 0 saturated carbocycles. The zero-order valence-corrected chi connectivity index (χ0v) is 10.9. The minimum Gasteiger partial charge on any atom is -0.489 e. The molecule has 0 radical (unpaired) electrons. The fourth-order valence-electron chi connectivity index (χ4n) is 1.83. The third-order valence-corrected chi connectivity index (χ3v) is 2.85. The molecule has 18 heavy (non-hydrogen) atoms. The average Bonchev–Trinajstić information content (AvgIpc) is 2.40. The van der Waals surface area contributed by atoms with Crippen LogP contribution in [0.3, 0.4) is 0 Å². The van der Waals surface area contributed by atoms with E-state index in [2.05, 4.69) is 42.6 Å². The van der Waals surface area contributed by atoms with Crippen LogP contribution in [-0.2, 0) is 13.2 Å². The number of nitrogens with one attached hydrogen (secondary N) is 1. The Balaban J connectivity index is 2.03. The van der Waals surface area contributed by atoms with Crippen molar-refractivity contribution in [3.8, 4) is 5.75 Å². The summed E-state index contributed by atoms with van der Waals surface area (Å²) in [4.78, 5) is 0. The number of para-hydroxylation sites is 1. The Morgan fingerprint density at radius 2 is 1.72 bits per heavy atom. The van der Waals surface area contributed by atoms with Crippen molar-refractivity contribution < 1.29 is 4.74 Å². The van der Waals surface area contributed by atoms with E-state index in [1.165, 1.54) is 16.7 Å². The van der Waals surface area contributed by atoms with Crippen molar-refractivity contribution in [3.63, 3.8) is 0 Å². The van der Waals surface area contributed by atoms with E-state index < -0.39 is 0 Å². The molecule has 0 aromatic heterocycles. The highest BCUT2D eigenvalue weighted by atomic mass is 16.5. The number of hydrogen-bond acceptors (Lipinski definition) is 2. The summed E-state index contributed by atoms with van der Waals surface area (Å²) in [6.07, 6.45) is 0. The van der Waals surface area contributed by atoms with Crippen LogP contribution in [0.1, 0.15) is 16.7 Å². The van der Waals surface area contributed by atoms with E-state index in [4.69, 9.17) is 4.74 Å². The normalized spacial score (nSPS) is 10.3. The molecule has 0 fully saturated rings. The van der Waals surface area contributed by atoms with Gasteiger partial charge in [-0.15, -0.1) is 0 Å². The van der Waals surface area contributed by atoms with Gasteiger partial charge in [0.1, 0.15) is 12.4 Å². The van der Waals surface area contributed by atoms with Gasteiger partial charge in [0.15, 0.2) is 0 Å². The van der Waals surface area contributed by atoms with Crippen LogP contribution in [0.4, 0.5) is 0 Å². The van der Waals surface area contributed by atoms with E-state index in [0.717, 1.165) is 12.3 Å². The zero-order valence-electron chi connectivity index (χ0n) is 10.9. The van der Waals surface area contributed by atoms with Gasteiger partial charge in [0.25, 0.3) is 0 Å². The number of aryl methyl sites for hydroxylation is 1. The summed E-state index contributed by atoms with van der Waals surface area (Å²) in [6, 6.07) is 16.6. The fourth-order valence-corrected chi connectivity index (χ4v) is 1.83. The molecule has 2 heteroatoms. The van der Waals surface area contributed by atoms with Gasteiger partial charge in [-0.25, -0.2) is 0 Å². The molecule has 0 atom stereocenters. The SMILES string of the molecule is CNCc1ccccc1OCc1ccc(C)cc1. The summed E-state index contributed by atoms with van der Waals surface area (Å²) < 4.78 is 5.88. The highest BCUT2D eigenvalue weighted by molar-refractivity contribution is 5.33. The summed E-state index contributed by atoms with van der Waals surface area (Å²) in [5, 5.41) is 3.15. The predicted octanol–water partition coefficient (Wildman–Crippen LogP) is 3.29. The maximum Gasteiger partial charge on any atom is 0.124 e. The van der Waals surface area contributed by atoms with Crippen LogP contribution in [-0.4, -0.2) is 7.05 Å². The molecule has 0 aliphatic heterocycles. The smallest absolute Gasteiger partial charge is 0.124 e. The van der Waals surface area contributed by atoms with Crippen molar-refractivity contribution >= 4 is 0 Å². The van der Waals surface area contributed by atoms with E-state index in [9.17, 15) is 0 Å². The third kappa shape index (κ3) is 3.34. The third-order valence-electron chi connectivity index (χ3n) is 2.85. The molecule has 0 amide bonds. The Labute approximate surface area is 109 Å². The molecule has 94 valence electrons. The first kappa shape index (κ1) is 12.7. The molecule has 0 aliphatic carbocycles. The number of benzene rings is 2. The number of ether oxygens (including phenoxy) is 1. The first-order valence-corrected chi connectivity index (χ1v) is 6.20. The monoisotopic (exact) mass is 241 g/mol. The molecular formula is C16H19NO. The van der Waals surface area contributed by atoms with Crippen LogP contribution >= 0.6 is 0 Å². The van der Waals surface area contributed by atoms with Gasteiger partial charge in [0.2, 0.25) is 0 Å². The Morgan fingerprint density at radius 3 is 2.44 bits per heavy atom. The quantitative estimate of drug-likeness (QED) is 0.867. The van der Waals surface area contributed by atoms with Gasteiger partial charge in [0, 0.05) is 12.1 Å². The highest BCUT2D eigenvalue weighted by Crippen LogP contribution is 2.19. The molecule has 2 rings (SSSR count). The summed E-state index contributed by atoms with van der Waals surface area (Å²) in [7, 11) is 1.94. The van der Waals surface area contributed by atoms with Crippen molar-refractivity contribution in [2.24, 2.45) is 0 Å². The van der Waals surface area contributed by atoms with Crippen LogP contribution < -0.4 is 10.1 Å². The molecule has 2 aromatic carbocycles.